The molecule has 0 aliphatic heterocycles. The van der Waals surface area contributed by atoms with E-state index >= 15 is 0 Å². The molecule has 0 fully saturated rings. The van der Waals surface area contributed by atoms with E-state index in [1.807, 2.05) is 16.4 Å². The van der Waals surface area contributed by atoms with E-state index in [-0.39, 0.29) is 5.41 Å². The van der Waals surface area contributed by atoms with E-state index in [0.29, 0.717) is 12.4 Å². The number of aromatic nitrogens is 4. The lowest BCUT2D eigenvalue weighted by atomic mass is 9.92. The molecule has 2 aromatic heterocycles. The molecular formula is C10H15N5S. The Morgan fingerprint density at radius 2 is 2.19 bits per heavy atom. The van der Waals surface area contributed by atoms with Gasteiger partial charge in [0.1, 0.15) is 0 Å². The van der Waals surface area contributed by atoms with Gasteiger partial charge in [-0.15, -0.1) is 16.4 Å². The van der Waals surface area contributed by atoms with Gasteiger partial charge >= 0.3 is 0 Å². The molecule has 0 saturated heterocycles. The molecule has 0 aliphatic carbocycles. The third-order valence-corrected chi connectivity index (χ3v) is 3.03. The maximum Gasteiger partial charge on any atom is 0.169 e. The lowest BCUT2D eigenvalue weighted by Crippen LogP contribution is -2.20. The van der Waals surface area contributed by atoms with Crippen molar-refractivity contribution in [3.8, 4) is 0 Å². The fraction of sp³-hybridized carbons (Fsp3) is 0.500. The van der Waals surface area contributed by atoms with Crippen LogP contribution in [0.15, 0.2) is 11.7 Å². The van der Waals surface area contributed by atoms with Crippen molar-refractivity contribution in [2.24, 2.45) is 0 Å². The number of nitrogens with two attached hydrogens (primary N) is 1. The normalized spacial score (nSPS) is 11.9. The Kier molecular flexibility index (Phi) is 2.67. The fourth-order valence-electron chi connectivity index (χ4n) is 1.68. The first kappa shape index (κ1) is 11.1. The van der Waals surface area contributed by atoms with Crippen LogP contribution in [0.25, 0.3) is 0 Å². The highest BCUT2D eigenvalue weighted by Crippen LogP contribution is 2.26. The van der Waals surface area contributed by atoms with Crippen molar-refractivity contribution < 1.29 is 0 Å². The second-order valence-corrected chi connectivity index (χ2v) is 5.67. The van der Waals surface area contributed by atoms with Crippen LogP contribution in [0.2, 0.25) is 0 Å². The Balaban J connectivity index is 2.35. The zero-order chi connectivity index (χ0) is 11.8. The monoisotopic (exact) mass is 237 g/mol. The molecule has 2 aromatic rings. The fourth-order valence-corrected chi connectivity index (χ4v) is 2.25. The Bertz CT molecular complexity index is 466. The average molecular weight is 237 g/mol. The van der Waals surface area contributed by atoms with Crippen LogP contribution < -0.4 is 5.73 Å². The number of hydrogen-bond acceptors (Lipinski definition) is 5. The van der Waals surface area contributed by atoms with Gasteiger partial charge in [0.15, 0.2) is 5.82 Å². The molecule has 2 rings (SSSR count). The topological polar surface area (TPSA) is 69.6 Å². The van der Waals surface area contributed by atoms with Crippen molar-refractivity contribution in [2.75, 3.05) is 5.73 Å². The molecule has 0 spiro atoms. The highest BCUT2D eigenvalue weighted by molar-refractivity contribution is 7.09. The van der Waals surface area contributed by atoms with Gasteiger partial charge in [-0.1, -0.05) is 26.0 Å². The summed E-state index contributed by atoms with van der Waals surface area (Å²) in [4.78, 5) is 5.19. The van der Waals surface area contributed by atoms with E-state index in [1.54, 1.807) is 11.3 Å². The largest absolute Gasteiger partial charge is 0.381 e. The summed E-state index contributed by atoms with van der Waals surface area (Å²) >= 11 is 1.61. The summed E-state index contributed by atoms with van der Waals surface area (Å²) < 4.78 is 1.85. The molecule has 16 heavy (non-hydrogen) atoms. The molecule has 0 aliphatic rings. The molecule has 0 saturated carbocycles. The molecule has 5 nitrogen and oxygen atoms in total. The van der Waals surface area contributed by atoms with Crippen LogP contribution in [0.1, 0.15) is 31.3 Å². The standard InChI is InChI=1S/C10H15N5S/c1-10(2,3)8-9(11)13-14-15(8)5-7-4-12-6-16-7/h4,6H,5,11H2,1-3H3. The summed E-state index contributed by atoms with van der Waals surface area (Å²) in [6.45, 7) is 6.99. The predicted molar refractivity (Wildman–Crippen MR) is 64.4 cm³/mol. The van der Waals surface area contributed by atoms with Crippen LogP contribution in [-0.2, 0) is 12.0 Å². The van der Waals surface area contributed by atoms with E-state index in [4.69, 9.17) is 5.73 Å². The molecule has 6 heteroatoms. The quantitative estimate of drug-likeness (QED) is 0.862. The van der Waals surface area contributed by atoms with Crippen LogP contribution in [0.3, 0.4) is 0 Å². The Morgan fingerprint density at radius 3 is 2.75 bits per heavy atom. The third kappa shape index (κ3) is 2.06. The van der Waals surface area contributed by atoms with Gasteiger partial charge in [0, 0.05) is 16.5 Å². The van der Waals surface area contributed by atoms with Crippen LogP contribution in [0.5, 0.6) is 0 Å². The lowest BCUT2D eigenvalue weighted by Gasteiger charge is -2.19. The highest BCUT2D eigenvalue weighted by atomic mass is 32.1. The van der Waals surface area contributed by atoms with Crippen LogP contribution in [0.4, 0.5) is 5.82 Å². The van der Waals surface area contributed by atoms with Gasteiger partial charge in [0.05, 0.1) is 17.7 Å². The maximum atomic E-state index is 5.85. The molecule has 0 radical (unpaired) electrons. The minimum atomic E-state index is -0.0573. The van der Waals surface area contributed by atoms with Crippen molar-refractivity contribution >= 4 is 17.2 Å². The molecule has 0 atom stereocenters. The van der Waals surface area contributed by atoms with Crippen molar-refractivity contribution in [1.82, 2.24) is 20.0 Å². The van der Waals surface area contributed by atoms with E-state index in [0.717, 1.165) is 10.6 Å². The lowest BCUT2D eigenvalue weighted by molar-refractivity contribution is 0.504. The van der Waals surface area contributed by atoms with Crippen LogP contribution in [-0.4, -0.2) is 20.0 Å². The van der Waals surface area contributed by atoms with Crippen molar-refractivity contribution in [2.45, 2.75) is 32.7 Å². The van der Waals surface area contributed by atoms with E-state index in [2.05, 4.69) is 36.1 Å². The second kappa shape index (κ2) is 3.86. The molecule has 2 N–H and O–H groups in total. The molecule has 86 valence electrons. The number of nitrogen functional groups attached to an aromatic ring is 1. The Hall–Kier alpha value is -1.43. The number of anilines is 1. The summed E-state index contributed by atoms with van der Waals surface area (Å²) in [5.41, 5.74) is 8.58. The van der Waals surface area contributed by atoms with Gasteiger partial charge in [0.25, 0.3) is 0 Å². The highest BCUT2D eigenvalue weighted by Gasteiger charge is 2.24. The summed E-state index contributed by atoms with van der Waals surface area (Å²) in [6.07, 6.45) is 1.84. The minimum absolute atomic E-state index is 0.0573. The molecule has 0 amide bonds. The number of nitrogens with zero attached hydrogens (tertiary/aromatic N) is 4. The molecule has 2 heterocycles. The van der Waals surface area contributed by atoms with Gasteiger partial charge < -0.3 is 5.73 Å². The van der Waals surface area contributed by atoms with Crippen molar-refractivity contribution in [3.63, 3.8) is 0 Å². The summed E-state index contributed by atoms with van der Waals surface area (Å²) in [6, 6.07) is 0. The zero-order valence-corrected chi connectivity index (χ0v) is 10.5. The van der Waals surface area contributed by atoms with Crippen LogP contribution in [0, 0.1) is 0 Å². The summed E-state index contributed by atoms with van der Waals surface area (Å²) in [5.74, 6) is 0.511. The van der Waals surface area contributed by atoms with Gasteiger partial charge in [-0.05, 0) is 0 Å². The average Bonchev–Trinajstić information content (AvgIpc) is 2.75. The Labute approximate surface area is 98.3 Å². The smallest absolute Gasteiger partial charge is 0.169 e. The third-order valence-electron chi connectivity index (χ3n) is 2.26. The Morgan fingerprint density at radius 1 is 1.44 bits per heavy atom. The molecule has 0 aromatic carbocycles. The predicted octanol–water partition coefficient (Wildman–Crippen LogP) is 1.66. The zero-order valence-electron chi connectivity index (χ0n) is 9.64. The van der Waals surface area contributed by atoms with Crippen molar-refractivity contribution in [1.29, 1.82) is 0 Å². The summed E-state index contributed by atoms with van der Waals surface area (Å²) in [5, 5.41) is 8.02. The second-order valence-electron chi connectivity index (χ2n) is 4.70. The van der Waals surface area contributed by atoms with E-state index in [1.165, 1.54) is 0 Å². The van der Waals surface area contributed by atoms with Gasteiger partial charge in [-0.2, -0.15) is 0 Å². The van der Waals surface area contributed by atoms with E-state index in [9.17, 15) is 0 Å². The van der Waals surface area contributed by atoms with E-state index < -0.39 is 0 Å². The van der Waals surface area contributed by atoms with Gasteiger partial charge in [-0.3, -0.25) is 4.98 Å². The number of hydrogen-bond donors (Lipinski definition) is 1. The number of thiazole rings is 1. The van der Waals surface area contributed by atoms with Crippen LogP contribution >= 0.6 is 11.3 Å². The molecule has 0 bridgehead atoms. The first-order chi connectivity index (χ1) is 7.48. The maximum absolute atomic E-state index is 5.85. The summed E-state index contributed by atoms with van der Waals surface area (Å²) in [7, 11) is 0. The molecular weight excluding hydrogens is 222 g/mol. The first-order valence-electron chi connectivity index (χ1n) is 5.05. The SMILES string of the molecule is CC(C)(C)c1c(N)nnn1Cc1cncs1. The van der Waals surface area contributed by atoms with Crippen molar-refractivity contribution in [3.05, 3.63) is 22.3 Å². The van der Waals surface area contributed by atoms with Gasteiger partial charge in [0.2, 0.25) is 0 Å². The first-order valence-corrected chi connectivity index (χ1v) is 5.93. The van der Waals surface area contributed by atoms with Gasteiger partial charge in [-0.25, -0.2) is 4.68 Å². The minimum Gasteiger partial charge on any atom is -0.381 e. The number of rotatable bonds is 2. The molecule has 0 unspecified atom stereocenters.